The van der Waals surface area contributed by atoms with Crippen molar-refractivity contribution in [2.24, 2.45) is 0 Å². The van der Waals surface area contributed by atoms with Crippen molar-refractivity contribution < 1.29 is 4.79 Å². The summed E-state index contributed by atoms with van der Waals surface area (Å²) in [6.45, 7) is 11.6. The molecule has 3 aliphatic heterocycles. The van der Waals surface area contributed by atoms with Crippen LogP contribution in [0.1, 0.15) is 37.4 Å². The summed E-state index contributed by atoms with van der Waals surface area (Å²) in [5.41, 5.74) is 5.11. The van der Waals surface area contributed by atoms with E-state index in [2.05, 4.69) is 41.9 Å². The molecule has 2 aromatic rings. The number of aryl methyl sites for hydroxylation is 2. The highest BCUT2D eigenvalue weighted by Gasteiger charge is 2.31. The lowest BCUT2D eigenvalue weighted by atomic mass is 10.2. The highest BCUT2D eigenvalue weighted by Crippen LogP contribution is 2.44. The molecule has 0 bridgehead atoms. The van der Waals surface area contributed by atoms with Crippen molar-refractivity contribution in [1.82, 2.24) is 29.3 Å². The van der Waals surface area contributed by atoms with Gasteiger partial charge in [-0.3, -0.25) is 9.78 Å². The Morgan fingerprint density at radius 2 is 2.00 bits per heavy atom. The highest BCUT2D eigenvalue weighted by atomic mass is 31.1. The summed E-state index contributed by atoms with van der Waals surface area (Å²) in [7, 11) is 0.472. The fourth-order valence-corrected chi connectivity index (χ4v) is 5.99. The minimum absolute atomic E-state index is 0.0398. The Bertz CT molecular complexity index is 1120. The van der Waals surface area contributed by atoms with Gasteiger partial charge >= 0.3 is 0 Å². The van der Waals surface area contributed by atoms with E-state index in [0.717, 1.165) is 79.2 Å². The number of fused-ring (bicyclic) bond motifs is 2. The second-order valence-electron chi connectivity index (χ2n) is 8.67. The van der Waals surface area contributed by atoms with E-state index in [9.17, 15) is 4.79 Å². The molecule has 0 aromatic carbocycles. The maximum atomic E-state index is 13.1. The predicted octanol–water partition coefficient (Wildman–Crippen LogP) is 3.23. The van der Waals surface area contributed by atoms with Gasteiger partial charge in [-0.15, -0.1) is 0 Å². The van der Waals surface area contributed by atoms with Crippen LogP contribution in [0.4, 0.5) is 0 Å². The molecule has 1 amide bonds. The zero-order valence-electron chi connectivity index (χ0n) is 19.1. The first kappa shape index (κ1) is 21.4. The van der Waals surface area contributed by atoms with Crippen LogP contribution in [0.3, 0.4) is 0 Å². The monoisotopic (exact) mass is 450 g/mol. The van der Waals surface area contributed by atoms with Crippen molar-refractivity contribution in [1.29, 1.82) is 0 Å². The average Bonchev–Trinajstić information content (AvgIpc) is 3.23. The molecule has 5 rings (SSSR count). The van der Waals surface area contributed by atoms with Crippen molar-refractivity contribution in [3.63, 3.8) is 0 Å². The largest absolute Gasteiger partial charge is 0.368 e. The molecule has 2 aromatic heterocycles. The van der Waals surface area contributed by atoms with Crippen LogP contribution in [-0.2, 0) is 11.2 Å². The zero-order chi connectivity index (χ0) is 22.2. The van der Waals surface area contributed by atoms with Gasteiger partial charge in [0.2, 0.25) is 0 Å². The molecule has 0 saturated carbocycles. The van der Waals surface area contributed by atoms with Crippen molar-refractivity contribution in [3.05, 3.63) is 59.5 Å². The van der Waals surface area contributed by atoms with E-state index in [1.807, 2.05) is 28.7 Å². The summed E-state index contributed by atoms with van der Waals surface area (Å²) in [6, 6.07) is 2.10. The summed E-state index contributed by atoms with van der Waals surface area (Å²) in [4.78, 5) is 24.5. The van der Waals surface area contributed by atoms with Crippen molar-refractivity contribution >= 4 is 25.3 Å². The summed E-state index contributed by atoms with van der Waals surface area (Å²) in [5.74, 6) is 0.112. The predicted molar refractivity (Wildman–Crippen MR) is 130 cm³/mol. The summed E-state index contributed by atoms with van der Waals surface area (Å²) in [6.07, 6.45) is 12.1. The van der Waals surface area contributed by atoms with E-state index >= 15 is 0 Å². The van der Waals surface area contributed by atoms with Crippen LogP contribution in [0.25, 0.3) is 10.8 Å². The molecule has 0 radical (unpaired) electrons. The van der Waals surface area contributed by atoms with Crippen LogP contribution < -0.4 is 0 Å². The quantitative estimate of drug-likeness (QED) is 0.655. The van der Waals surface area contributed by atoms with Crippen LogP contribution in [0.15, 0.2) is 42.4 Å². The van der Waals surface area contributed by atoms with Gasteiger partial charge in [0.25, 0.3) is 5.91 Å². The Labute approximate surface area is 191 Å². The number of carbonyl (C=O) groups is 1. The number of allylic oxidation sites excluding steroid dienone is 1. The molecule has 168 valence electrons. The lowest BCUT2D eigenvalue weighted by Gasteiger charge is -2.39. The number of likely N-dealkylation sites (N-methyl/N-ethyl adjacent to an activating group) is 1. The maximum absolute atomic E-state index is 13.1. The molecule has 2 unspecified atom stereocenters. The smallest absolute Gasteiger partial charge is 0.252 e. The molecule has 0 spiro atoms. The molecule has 1 saturated heterocycles. The molecule has 0 N–H and O–H groups in total. The van der Waals surface area contributed by atoms with Crippen LogP contribution in [-0.4, -0.2) is 73.7 Å². The SMILES string of the molecule is CCCc1nc(C)cn2nc(C3=CC(=O)N4C=C(N5CCN(CC)CC5)C=CC4P3)cc12. The van der Waals surface area contributed by atoms with Gasteiger partial charge < -0.3 is 14.7 Å². The standard InChI is InChI=1S/C24H31N6OP/c1-4-6-19-21-13-20(26-30(21)15-17(3)25-19)22-14-23(31)29-16-18(7-8-24(29)32-22)28-11-9-27(5-2)10-12-28/h7-8,13-16,24,32H,4-6,9-12H2,1-3H3. The minimum Gasteiger partial charge on any atom is -0.368 e. The van der Waals surface area contributed by atoms with E-state index in [4.69, 9.17) is 10.1 Å². The second-order valence-corrected chi connectivity index (χ2v) is 10.1. The Hall–Kier alpha value is -2.50. The number of carbonyl (C=O) groups excluding carboxylic acids is 1. The van der Waals surface area contributed by atoms with Gasteiger partial charge in [0, 0.05) is 43.8 Å². The highest BCUT2D eigenvalue weighted by molar-refractivity contribution is 7.51. The summed E-state index contributed by atoms with van der Waals surface area (Å²) >= 11 is 0. The average molecular weight is 451 g/mol. The fraction of sp³-hybridized carbons (Fsp3) is 0.458. The molecule has 8 heteroatoms. The van der Waals surface area contributed by atoms with Crippen LogP contribution in [0, 0.1) is 6.92 Å². The summed E-state index contributed by atoms with van der Waals surface area (Å²) < 4.78 is 1.93. The topological polar surface area (TPSA) is 57.0 Å². The fourth-order valence-electron chi connectivity index (χ4n) is 4.66. The number of amides is 1. The van der Waals surface area contributed by atoms with E-state index < -0.39 is 0 Å². The van der Waals surface area contributed by atoms with Gasteiger partial charge in [0.1, 0.15) is 0 Å². The molecule has 5 heterocycles. The zero-order valence-corrected chi connectivity index (χ0v) is 20.1. The first-order chi connectivity index (χ1) is 15.6. The maximum Gasteiger partial charge on any atom is 0.252 e. The van der Waals surface area contributed by atoms with Crippen molar-refractivity contribution in [2.75, 3.05) is 32.7 Å². The third-order valence-electron chi connectivity index (χ3n) is 6.45. The second kappa shape index (κ2) is 8.80. The van der Waals surface area contributed by atoms with Gasteiger partial charge in [-0.1, -0.05) is 34.9 Å². The molecule has 32 heavy (non-hydrogen) atoms. The Balaban J connectivity index is 1.39. The molecule has 7 nitrogen and oxygen atoms in total. The number of piperazine rings is 1. The molecular formula is C24H31N6OP. The van der Waals surface area contributed by atoms with Gasteiger partial charge in [-0.25, -0.2) is 4.52 Å². The Morgan fingerprint density at radius 1 is 1.19 bits per heavy atom. The third kappa shape index (κ3) is 4.00. The third-order valence-corrected chi connectivity index (χ3v) is 7.92. The molecule has 0 aliphatic carbocycles. The Morgan fingerprint density at radius 3 is 2.75 bits per heavy atom. The number of hydrogen-bond acceptors (Lipinski definition) is 5. The molecule has 2 atom stereocenters. The van der Waals surface area contributed by atoms with Crippen molar-refractivity contribution in [2.45, 2.75) is 39.4 Å². The number of rotatable bonds is 5. The van der Waals surface area contributed by atoms with Gasteiger partial charge in [0.05, 0.1) is 40.3 Å². The van der Waals surface area contributed by atoms with Crippen LogP contribution in [0.2, 0.25) is 0 Å². The first-order valence-corrected chi connectivity index (χ1v) is 12.7. The van der Waals surface area contributed by atoms with E-state index in [0.29, 0.717) is 8.58 Å². The van der Waals surface area contributed by atoms with Gasteiger partial charge in [-0.2, -0.15) is 5.10 Å². The number of nitrogens with zero attached hydrogens (tertiary/aromatic N) is 6. The van der Waals surface area contributed by atoms with E-state index in [1.54, 1.807) is 6.08 Å². The summed E-state index contributed by atoms with van der Waals surface area (Å²) in [5, 5.41) is 5.83. The first-order valence-electron chi connectivity index (χ1n) is 11.6. The molecule has 1 fully saturated rings. The van der Waals surface area contributed by atoms with Crippen LogP contribution in [0.5, 0.6) is 0 Å². The Kier molecular flexibility index (Phi) is 5.87. The van der Waals surface area contributed by atoms with E-state index in [1.165, 1.54) is 0 Å². The van der Waals surface area contributed by atoms with Crippen molar-refractivity contribution in [3.8, 4) is 0 Å². The minimum atomic E-state index is 0.0398. The van der Waals surface area contributed by atoms with Crippen LogP contribution >= 0.6 is 8.58 Å². The molecule has 3 aliphatic rings. The van der Waals surface area contributed by atoms with Gasteiger partial charge in [0.15, 0.2) is 0 Å². The lowest BCUT2D eigenvalue weighted by molar-refractivity contribution is -0.123. The lowest BCUT2D eigenvalue weighted by Crippen LogP contribution is -2.46. The van der Waals surface area contributed by atoms with E-state index in [-0.39, 0.29) is 11.7 Å². The van der Waals surface area contributed by atoms with Gasteiger partial charge in [-0.05, 0) is 32.0 Å². The number of aromatic nitrogens is 3. The molecular weight excluding hydrogens is 419 g/mol. The normalized spacial score (nSPS) is 22.5. The number of hydrogen-bond donors (Lipinski definition) is 0.